The summed E-state index contributed by atoms with van der Waals surface area (Å²) in [6.45, 7) is 14.5. The zero-order chi connectivity index (χ0) is 12.8. The fourth-order valence-corrected chi connectivity index (χ4v) is 3.39. The molecule has 1 saturated carbocycles. The highest BCUT2D eigenvalue weighted by Gasteiger charge is 2.72. The molecule has 2 heteroatoms. The van der Waals surface area contributed by atoms with Gasteiger partial charge in [-0.15, -0.1) is 0 Å². The van der Waals surface area contributed by atoms with Crippen molar-refractivity contribution in [3.05, 3.63) is 0 Å². The topological polar surface area (TPSA) is 26.3 Å². The average molecular weight is 226 g/mol. The normalized spacial score (nSPS) is 26.3. The lowest BCUT2D eigenvalue weighted by Gasteiger charge is -2.20. The van der Waals surface area contributed by atoms with E-state index < -0.39 is 0 Å². The van der Waals surface area contributed by atoms with Crippen molar-refractivity contribution in [3.63, 3.8) is 0 Å². The van der Waals surface area contributed by atoms with Crippen molar-refractivity contribution in [2.24, 2.45) is 16.7 Å². The highest BCUT2D eigenvalue weighted by Crippen LogP contribution is 2.72. The quantitative estimate of drug-likeness (QED) is 0.684. The van der Waals surface area contributed by atoms with E-state index in [4.69, 9.17) is 4.74 Å². The Balaban J connectivity index is 2.81. The van der Waals surface area contributed by atoms with Gasteiger partial charge in [0.15, 0.2) is 0 Å². The lowest BCUT2D eigenvalue weighted by Crippen LogP contribution is -2.26. The van der Waals surface area contributed by atoms with E-state index in [1.165, 1.54) is 0 Å². The minimum Gasteiger partial charge on any atom is -0.460 e. The highest BCUT2D eigenvalue weighted by atomic mass is 16.6. The first-order chi connectivity index (χ1) is 7.12. The third kappa shape index (κ3) is 1.87. The molecule has 0 aromatic heterocycles. The minimum absolute atomic E-state index is 0.0128. The molecule has 0 amide bonds. The first-order valence-corrected chi connectivity index (χ1v) is 6.35. The molecule has 0 N–H and O–H groups in total. The van der Waals surface area contributed by atoms with E-state index in [2.05, 4.69) is 27.7 Å². The predicted molar refractivity (Wildman–Crippen MR) is 66.1 cm³/mol. The number of hydrogen-bond acceptors (Lipinski definition) is 2. The van der Waals surface area contributed by atoms with Crippen LogP contribution in [0.2, 0.25) is 0 Å². The molecular formula is C14H26O2. The molecule has 0 aromatic carbocycles. The van der Waals surface area contributed by atoms with Gasteiger partial charge in [0, 0.05) is 0 Å². The van der Waals surface area contributed by atoms with Gasteiger partial charge in [-0.2, -0.15) is 0 Å². The third-order valence-corrected chi connectivity index (χ3v) is 4.38. The Morgan fingerprint density at radius 2 is 1.62 bits per heavy atom. The van der Waals surface area contributed by atoms with Gasteiger partial charge >= 0.3 is 5.97 Å². The Labute approximate surface area is 99.8 Å². The van der Waals surface area contributed by atoms with Crippen molar-refractivity contribution in [1.82, 2.24) is 0 Å². The van der Waals surface area contributed by atoms with Gasteiger partial charge in [0.25, 0.3) is 0 Å². The second-order valence-electron chi connectivity index (χ2n) is 6.55. The third-order valence-electron chi connectivity index (χ3n) is 4.38. The Hall–Kier alpha value is -0.530. The molecule has 1 aliphatic rings. The summed E-state index contributed by atoms with van der Waals surface area (Å²) in [6.07, 6.45) is 2.11. The van der Waals surface area contributed by atoms with Crippen LogP contribution in [0.25, 0.3) is 0 Å². The summed E-state index contributed by atoms with van der Waals surface area (Å²) in [4.78, 5) is 12.1. The van der Waals surface area contributed by atoms with E-state index in [0.717, 1.165) is 12.8 Å². The fourth-order valence-electron chi connectivity index (χ4n) is 3.39. The van der Waals surface area contributed by atoms with Crippen LogP contribution in [0.4, 0.5) is 0 Å². The van der Waals surface area contributed by atoms with Gasteiger partial charge in [-0.05, 0) is 44.4 Å². The van der Waals surface area contributed by atoms with Crippen LogP contribution in [-0.4, -0.2) is 11.6 Å². The second kappa shape index (κ2) is 3.75. The lowest BCUT2D eigenvalue weighted by atomic mass is 9.90. The Morgan fingerprint density at radius 3 is 1.88 bits per heavy atom. The van der Waals surface area contributed by atoms with Crippen LogP contribution in [0.1, 0.15) is 61.3 Å². The molecule has 0 radical (unpaired) electrons. The summed E-state index contributed by atoms with van der Waals surface area (Å²) in [6, 6.07) is 0. The van der Waals surface area contributed by atoms with Crippen LogP contribution < -0.4 is 0 Å². The van der Waals surface area contributed by atoms with Crippen molar-refractivity contribution in [3.8, 4) is 0 Å². The maximum atomic E-state index is 12.1. The molecule has 1 atom stereocenters. The van der Waals surface area contributed by atoms with E-state index in [1.807, 2.05) is 20.8 Å². The standard InChI is InChI=1S/C14H26O2/c1-8-14(9-2)10(13(14,6)7)11(15)16-12(3,4)5/h10H,8-9H2,1-7H3. The summed E-state index contributed by atoms with van der Waals surface area (Å²) >= 11 is 0. The molecule has 0 aliphatic heterocycles. The summed E-state index contributed by atoms with van der Waals surface area (Å²) in [5.74, 6) is 0.0652. The molecule has 0 spiro atoms. The summed E-state index contributed by atoms with van der Waals surface area (Å²) in [5, 5.41) is 0. The molecule has 0 heterocycles. The molecule has 16 heavy (non-hydrogen) atoms. The summed E-state index contributed by atoms with van der Waals surface area (Å²) < 4.78 is 5.52. The van der Waals surface area contributed by atoms with E-state index >= 15 is 0 Å². The Kier molecular flexibility index (Phi) is 3.17. The van der Waals surface area contributed by atoms with Crippen LogP contribution >= 0.6 is 0 Å². The molecule has 0 saturated heterocycles. The van der Waals surface area contributed by atoms with Crippen LogP contribution in [0.3, 0.4) is 0 Å². The molecule has 2 nitrogen and oxygen atoms in total. The summed E-state index contributed by atoms with van der Waals surface area (Å²) in [5.41, 5.74) is -0.114. The number of carbonyl (C=O) groups excluding carboxylic acids is 1. The number of ether oxygens (including phenoxy) is 1. The Bertz CT molecular complexity index is 280. The van der Waals surface area contributed by atoms with E-state index in [0.29, 0.717) is 0 Å². The monoisotopic (exact) mass is 226 g/mol. The average Bonchev–Trinajstić information content (AvgIpc) is 2.59. The van der Waals surface area contributed by atoms with E-state index in [9.17, 15) is 4.79 Å². The molecular weight excluding hydrogens is 200 g/mol. The number of rotatable bonds is 3. The van der Waals surface area contributed by atoms with Crippen molar-refractivity contribution in [2.45, 2.75) is 66.9 Å². The summed E-state index contributed by atoms with van der Waals surface area (Å²) in [7, 11) is 0. The molecule has 0 aromatic rings. The number of carbonyl (C=O) groups is 1. The van der Waals surface area contributed by atoms with E-state index in [-0.39, 0.29) is 28.3 Å². The molecule has 1 aliphatic carbocycles. The predicted octanol–water partition coefficient (Wildman–Crippen LogP) is 3.79. The second-order valence-corrected chi connectivity index (χ2v) is 6.55. The van der Waals surface area contributed by atoms with Gasteiger partial charge in [-0.25, -0.2) is 0 Å². The first kappa shape index (κ1) is 13.5. The smallest absolute Gasteiger partial charge is 0.310 e. The van der Waals surface area contributed by atoms with Crippen molar-refractivity contribution >= 4 is 5.97 Å². The zero-order valence-corrected chi connectivity index (χ0v) is 11.8. The van der Waals surface area contributed by atoms with Gasteiger partial charge in [0.05, 0.1) is 5.92 Å². The molecule has 1 unspecified atom stereocenters. The first-order valence-electron chi connectivity index (χ1n) is 6.35. The zero-order valence-electron chi connectivity index (χ0n) is 11.8. The molecule has 0 bridgehead atoms. The fraction of sp³-hybridized carbons (Fsp3) is 0.929. The van der Waals surface area contributed by atoms with Gasteiger partial charge in [-0.1, -0.05) is 27.7 Å². The minimum atomic E-state index is -0.372. The molecule has 94 valence electrons. The van der Waals surface area contributed by atoms with Crippen LogP contribution in [-0.2, 0) is 9.53 Å². The molecule has 1 fully saturated rings. The Morgan fingerprint density at radius 1 is 1.19 bits per heavy atom. The van der Waals surface area contributed by atoms with Gasteiger partial charge in [0.1, 0.15) is 5.60 Å². The van der Waals surface area contributed by atoms with Crippen LogP contribution in [0.15, 0.2) is 0 Å². The maximum Gasteiger partial charge on any atom is 0.310 e. The van der Waals surface area contributed by atoms with Crippen molar-refractivity contribution in [2.75, 3.05) is 0 Å². The number of esters is 1. The largest absolute Gasteiger partial charge is 0.460 e. The SMILES string of the molecule is CCC1(CC)C(C(=O)OC(C)(C)C)C1(C)C. The van der Waals surface area contributed by atoms with Crippen molar-refractivity contribution in [1.29, 1.82) is 0 Å². The maximum absolute atomic E-state index is 12.1. The van der Waals surface area contributed by atoms with Gasteiger partial charge in [0.2, 0.25) is 0 Å². The van der Waals surface area contributed by atoms with Crippen LogP contribution in [0, 0.1) is 16.7 Å². The van der Waals surface area contributed by atoms with E-state index in [1.54, 1.807) is 0 Å². The highest BCUT2D eigenvalue weighted by molar-refractivity contribution is 5.79. The van der Waals surface area contributed by atoms with Gasteiger partial charge in [-0.3, -0.25) is 4.79 Å². The lowest BCUT2D eigenvalue weighted by molar-refractivity contribution is -0.158. The molecule has 1 rings (SSSR count). The van der Waals surface area contributed by atoms with Crippen LogP contribution in [0.5, 0.6) is 0 Å². The van der Waals surface area contributed by atoms with Crippen molar-refractivity contribution < 1.29 is 9.53 Å². The van der Waals surface area contributed by atoms with Gasteiger partial charge < -0.3 is 4.74 Å². The number of hydrogen-bond donors (Lipinski definition) is 0.